The Morgan fingerprint density at radius 3 is 2.48 bits per heavy atom. The lowest BCUT2D eigenvalue weighted by molar-refractivity contribution is -0.128. The van der Waals surface area contributed by atoms with Gasteiger partial charge in [-0.3, -0.25) is 14.5 Å². The molecule has 1 aromatic carbocycles. The SMILES string of the molecule is O=C(NC1CCCC1)[C@H]1[C@H](CO)[C@H]2Cn3c(ccc(-c4ccccc4)c3=O)[C@@H]1N2CC1CC1. The van der Waals surface area contributed by atoms with Crippen molar-refractivity contribution in [1.82, 2.24) is 14.8 Å². The van der Waals surface area contributed by atoms with Crippen molar-refractivity contribution in [3.63, 3.8) is 0 Å². The number of pyridine rings is 1. The number of rotatable bonds is 6. The monoisotopic (exact) mass is 447 g/mol. The third-order valence-corrected chi connectivity index (χ3v) is 8.43. The van der Waals surface area contributed by atoms with E-state index < -0.39 is 0 Å². The zero-order valence-corrected chi connectivity index (χ0v) is 19.0. The highest BCUT2D eigenvalue weighted by Gasteiger charge is 2.56. The fraction of sp³-hybridized carbons (Fsp3) is 0.556. The predicted molar refractivity (Wildman–Crippen MR) is 127 cm³/mol. The van der Waals surface area contributed by atoms with Crippen LogP contribution in [0.15, 0.2) is 47.3 Å². The molecule has 4 aliphatic rings. The summed E-state index contributed by atoms with van der Waals surface area (Å²) in [6.07, 6.45) is 6.88. The van der Waals surface area contributed by atoms with E-state index in [0.717, 1.165) is 30.6 Å². The summed E-state index contributed by atoms with van der Waals surface area (Å²) in [5.74, 6) is 0.250. The second-order valence-electron chi connectivity index (χ2n) is 10.5. The van der Waals surface area contributed by atoms with E-state index in [4.69, 9.17) is 0 Å². The number of aromatic nitrogens is 1. The van der Waals surface area contributed by atoms with Gasteiger partial charge in [-0.15, -0.1) is 0 Å². The maximum Gasteiger partial charge on any atom is 0.258 e. The van der Waals surface area contributed by atoms with E-state index in [0.29, 0.717) is 18.0 Å². The van der Waals surface area contributed by atoms with Gasteiger partial charge in [0, 0.05) is 49.0 Å². The largest absolute Gasteiger partial charge is 0.396 e. The third-order valence-electron chi connectivity index (χ3n) is 8.43. The van der Waals surface area contributed by atoms with Crippen LogP contribution in [-0.4, -0.2) is 45.7 Å². The molecular formula is C27H33N3O3. The van der Waals surface area contributed by atoms with Gasteiger partial charge in [0.15, 0.2) is 0 Å². The van der Waals surface area contributed by atoms with Crippen LogP contribution in [0.1, 0.15) is 50.3 Å². The van der Waals surface area contributed by atoms with Crippen molar-refractivity contribution >= 4 is 5.91 Å². The maximum atomic E-state index is 13.6. The second kappa shape index (κ2) is 8.41. The van der Waals surface area contributed by atoms with Gasteiger partial charge in [0.1, 0.15) is 0 Å². The van der Waals surface area contributed by atoms with Gasteiger partial charge >= 0.3 is 0 Å². The molecule has 2 aliphatic carbocycles. The van der Waals surface area contributed by atoms with Crippen molar-refractivity contribution in [3.8, 4) is 11.1 Å². The highest BCUT2D eigenvalue weighted by Crippen LogP contribution is 2.50. The molecule has 2 aliphatic heterocycles. The molecule has 3 heterocycles. The van der Waals surface area contributed by atoms with Crippen molar-refractivity contribution in [2.75, 3.05) is 13.2 Å². The Hall–Kier alpha value is -2.44. The quantitative estimate of drug-likeness (QED) is 0.714. The number of carbonyl (C=O) groups is 1. The zero-order chi connectivity index (χ0) is 22.5. The van der Waals surface area contributed by atoms with Crippen LogP contribution in [0.3, 0.4) is 0 Å². The predicted octanol–water partition coefficient (Wildman–Crippen LogP) is 2.95. The van der Waals surface area contributed by atoms with E-state index >= 15 is 0 Å². The number of hydrogen-bond acceptors (Lipinski definition) is 4. The molecular weight excluding hydrogens is 414 g/mol. The molecule has 2 N–H and O–H groups in total. The molecule has 6 rings (SSSR count). The van der Waals surface area contributed by atoms with Gasteiger partial charge in [0.25, 0.3) is 5.56 Å². The molecule has 2 saturated carbocycles. The highest BCUT2D eigenvalue weighted by molar-refractivity contribution is 5.81. The Bertz CT molecular complexity index is 1090. The summed E-state index contributed by atoms with van der Waals surface area (Å²) in [6.45, 7) is 1.46. The summed E-state index contributed by atoms with van der Waals surface area (Å²) < 4.78 is 1.90. The summed E-state index contributed by atoms with van der Waals surface area (Å²) in [7, 11) is 0. The first-order valence-corrected chi connectivity index (χ1v) is 12.6. The molecule has 3 fully saturated rings. The van der Waals surface area contributed by atoms with Crippen molar-refractivity contribution in [2.45, 2.75) is 63.2 Å². The lowest BCUT2D eigenvalue weighted by Gasteiger charge is -2.38. The normalized spacial score (nSPS) is 29.2. The summed E-state index contributed by atoms with van der Waals surface area (Å²) in [5.41, 5.74) is 2.55. The van der Waals surface area contributed by atoms with Gasteiger partial charge in [-0.2, -0.15) is 0 Å². The third kappa shape index (κ3) is 3.64. The Morgan fingerprint density at radius 2 is 1.79 bits per heavy atom. The number of nitrogens with zero attached hydrogens (tertiary/aromatic N) is 2. The number of benzene rings is 1. The van der Waals surface area contributed by atoms with Crippen LogP contribution in [0.2, 0.25) is 0 Å². The fourth-order valence-corrected chi connectivity index (χ4v) is 6.58. The van der Waals surface area contributed by atoms with Crippen LogP contribution in [0.25, 0.3) is 11.1 Å². The number of nitrogens with one attached hydrogen (secondary N) is 1. The van der Waals surface area contributed by atoms with Crippen LogP contribution in [-0.2, 0) is 11.3 Å². The van der Waals surface area contributed by atoms with E-state index in [-0.39, 0.29) is 48.0 Å². The molecule has 174 valence electrons. The summed E-state index contributed by atoms with van der Waals surface area (Å²) in [5, 5.41) is 13.8. The van der Waals surface area contributed by atoms with Crippen molar-refractivity contribution in [1.29, 1.82) is 0 Å². The van der Waals surface area contributed by atoms with E-state index in [1.807, 2.05) is 41.0 Å². The number of amides is 1. The lowest BCUT2D eigenvalue weighted by atomic mass is 9.86. The first-order valence-electron chi connectivity index (χ1n) is 12.6. The molecule has 2 bridgehead atoms. The second-order valence-corrected chi connectivity index (χ2v) is 10.5. The van der Waals surface area contributed by atoms with Crippen molar-refractivity contribution in [3.05, 3.63) is 58.5 Å². The molecule has 6 nitrogen and oxygen atoms in total. The van der Waals surface area contributed by atoms with Gasteiger partial charge in [0.05, 0.1) is 12.0 Å². The zero-order valence-electron chi connectivity index (χ0n) is 19.0. The molecule has 1 aromatic heterocycles. The van der Waals surface area contributed by atoms with Crippen LogP contribution in [0.4, 0.5) is 0 Å². The van der Waals surface area contributed by atoms with Crippen LogP contribution >= 0.6 is 0 Å². The molecule has 6 heteroatoms. The molecule has 33 heavy (non-hydrogen) atoms. The van der Waals surface area contributed by atoms with Crippen molar-refractivity contribution < 1.29 is 9.90 Å². The number of fused-ring (bicyclic) bond motifs is 4. The molecule has 0 spiro atoms. The van der Waals surface area contributed by atoms with Gasteiger partial charge < -0.3 is 15.0 Å². The van der Waals surface area contributed by atoms with Gasteiger partial charge in [-0.05, 0) is 49.3 Å². The first kappa shape index (κ1) is 21.1. The van der Waals surface area contributed by atoms with E-state index in [1.165, 1.54) is 25.7 Å². The number of aliphatic hydroxyl groups is 1. The van der Waals surface area contributed by atoms with E-state index in [2.05, 4.69) is 16.3 Å². The molecule has 1 amide bonds. The number of aliphatic hydroxyl groups excluding tert-OH is 1. The van der Waals surface area contributed by atoms with Gasteiger partial charge in [-0.1, -0.05) is 43.2 Å². The minimum Gasteiger partial charge on any atom is -0.396 e. The Labute approximate surface area is 194 Å². The molecule has 1 saturated heterocycles. The summed E-state index contributed by atoms with van der Waals surface area (Å²) in [4.78, 5) is 29.7. The smallest absolute Gasteiger partial charge is 0.258 e. The maximum absolute atomic E-state index is 13.6. The highest BCUT2D eigenvalue weighted by atomic mass is 16.3. The molecule has 0 radical (unpaired) electrons. The molecule has 2 aromatic rings. The standard InChI is InChI=1S/C27H33N3O3/c31-16-21-23-15-30-22(13-12-20(27(30)33)18-6-2-1-3-7-18)25(29(23)14-17-10-11-17)24(21)26(32)28-19-8-4-5-9-19/h1-3,6-7,12-13,17,19,21,23-25,31H,4-5,8-11,14-16H2,(H,28,32)/t21-,23-,24+,25+/m1/s1. The number of hydrogen-bond donors (Lipinski definition) is 2. The van der Waals surface area contributed by atoms with E-state index in [1.54, 1.807) is 0 Å². The average molecular weight is 448 g/mol. The summed E-state index contributed by atoms with van der Waals surface area (Å²) in [6, 6.07) is 13.9. The van der Waals surface area contributed by atoms with Gasteiger partial charge in [-0.25, -0.2) is 0 Å². The average Bonchev–Trinajstić information content (AvgIpc) is 3.45. The topological polar surface area (TPSA) is 74.6 Å². The van der Waals surface area contributed by atoms with E-state index in [9.17, 15) is 14.7 Å². The van der Waals surface area contributed by atoms with Crippen LogP contribution in [0, 0.1) is 17.8 Å². The Morgan fingerprint density at radius 1 is 1.03 bits per heavy atom. The number of carbonyl (C=O) groups excluding carboxylic acids is 1. The van der Waals surface area contributed by atoms with Crippen molar-refractivity contribution in [2.24, 2.45) is 17.8 Å². The Kier molecular flexibility index (Phi) is 5.38. The molecule has 4 atom stereocenters. The minimum absolute atomic E-state index is 0.00770. The van der Waals surface area contributed by atoms with Crippen LogP contribution in [0.5, 0.6) is 0 Å². The summed E-state index contributed by atoms with van der Waals surface area (Å²) >= 11 is 0. The Balaban J connectivity index is 1.41. The fourth-order valence-electron chi connectivity index (χ4n) is 6.58. The minimum atomic E-state index is -0.324. The van der Waals surface area contributed by atoms with Gasteiger partial charge in [0.2, 0.25) is 5.91 Å². The van der Waals surface area contributed by atoms with Crippen LogP contribution < -0.4 is 10.9 Å². The molecule has 0 unspecified atom stereocenters. The lowest BCUT2D eigenvalue weighted by Crippen LogP contribution is -2.47. The first-order chi connectivity index (χ1) is 16.2.